The van der Waals surface area contributed by atoms with E-state index in [0.717, 1.165) is 0 Å². The van der Waals surface area contributed by atoms with E-state index in [1.54, 1.807) is 0 Å². The van der Waals surface area contributed by atoms with Crippen molar-refractivity contribution in [3.05, 3.63) is 0 Å². The Bertz CT molecular complexity index is 8.04. The van der Waals surface area contributed by atoms with Crippen LogP contribution in [0.3, 0.4) is 0 Å². The predicted molar refractivity (Wildman–Crippen MR) is 13.2 cm³/mol. The number of hydrogen-bond acceptors (Lipinski definition) is 1. The molecule has 0 saturated heterocycles. The third kappa shape index (κ3) is 5500. The molecular formula is H5F5OW-. The van der Waals surface area contributed by atoms with Gasteiger partial charge >= 0.3 is 23.2 Å². The van der Waals surface area contributed by atoms with Crippen molar-refractivity contribution in [1.82, 2.24) is 0 Å². The van der Waals surface area contributed by atoms with Crippen molar-refractivity contribution in [2.45, 2.75) is 0 Å². The third-order valence-electron chi connectivity index (χ3n) is 0. The first-order chi connectivity index (χ1) is 1.00. The Morgan fingerprint density at radius 2 is 0.571 bits per heavy atom. The molecule has 0 N–H and O–H groups in total. The third-order valence-corrected chi connectivity index (χ3v) is 0. The molecule has 0 aliphatic rings. The Morgan fingerprint density at radius 1 is 0.571 bits per heavy atom. The van der Waals surface area contributed by atoms with Crippen LogP contribution in [0.2, 0.25) is 0 Å². The van der Waals surface area contributed by atoms with E-state index in [1.165, 1.54) is 0 Å². The standard InChI is InChI=1S/5FH.O.W/h5*1H;;/q;;;;;;-1. The van der Waals surface area contributed by atoms with Gasteiger partial charge in [0, 0.05) is 0 Å². The van der Waals surface area contributed by atoms with Crippen molar-refractivity contribution >= 4 is 0 Å². The first kappa shape index (κ1) is 208. The molecule has 1 nitrogen and oxygen atoms in total. The molecule has 7 heteroatoms. The van der Waals surface area contributed by atoms with Crippen molar-refractivity contribution in [2.24, 2.45) is 0 Å². The summed E-state index contributed by atoms with van der Waals surface area (Å²) in [5.74, 6) is 0. The van der Waals surface area contributed by atoms with Gasteiger partial charge < -0.3 is 0 Å². The van der Waals surface area contributed by atoms with E-state index in [2.05, 4.69) is 0 Å². The van der Waals surface area contributed by atoms with Crippen LogP contribution in [-0.2, 0) is 23.2 Å². The van der Waals surface area contributed by atoms with Crippen molar-refractivity contribution in [2.75, 3.05) is 0 Å². The zero-order valence-electron chi connectivity index (χ0n) is 2.86. The summed E-state index contributed by atoms with van der Waals surface area (Å²) in [5, 5.41) is 0. The molecule has 53 valence electrons. The quantitative estimate of drug-likeness (QED) is 0.600. The van der Waals surface area contributed by atoms with Crippen molar-refractivity contribution in [1.29, 1.82) is 0 Å². The van der Waals surface area contributed by atoms with Crippen LogP contribution in [0.1, 0.15) is 0 Å². The van der Waals surface area contributed by atoms with E-state index < -0.39 is 0 Å². The van der Waals surface area contributed by atoms with Crippen LogP contribution < -0.4 is 0 Å². The monoisotopic (exact) mass is 300 g/mol. The molecule has 0 aliphatic carbocycles. The SMILES string of the molecule is F.F.F.F.F.[O]=[W-]. The molecule has 0 unspecified atom stereocenters. The van der Waals surface area contributed by atoms with Crippen LogP contribution in [-0.4, -0.2) is 0 Å². The molecule has 0 rings (SSSR count). The second-order valence-corrected chi connectivity index (χ2v) is 0. The first-order valence-electron chi connectivity index (χ1n) is 0.167. The normalized spacial score (nSPS) is 0.571. The Balaban J connectivity index is -0.000000000500. The van der Waals surface area contributed by atoms with Crippen LogP contribution >= 0.6 is 0 Å². The molecule has 0 amide bonds. The van der Waals surface area contributed by atoms with Gasteiger partial charge in [0.1, 0.15) is 0 Å². The van der Waals surface area contributed by atoms with E-state index in [-0.39, 0.29) is 23.5 Å². The Kier molecular flexibility index (Phi) is 251000. The van der Waals surface area contributed by atoms with E-state index in [9.17, 15) is 0 Å². The maximum atomic E-state index is 8.33. The Hall–Kier alpha value is 0.138. The molecule has 0 saturated carbocycles. The van der Waals surface area contributed by atoms with Gasteiger partial charge in [0.05, 0.1) is 0 Å². The molecule has 0 fully saturated rings. The van der Waals surface area contributed by atoms with Crippen molar-refractivity contribution in [3.63, 3.8) is 0 Å². The molecular weight excluding hydrogens is 295 g/mol. The minimum atomic E-state index is 0. The summed E-state index contributed by atoms with van der Waals surface area (Å²) in [6.45, 7) is 0. The predicted octanol–water partition coefficient (Wildman–Crippen LogP) is 0.641. The van der Waals surface area contributed by atoms with E-state index >= 15 is 0 Å². The van der Waals surface area contributed by atoms with Gasteiger partial charge in [0.15, 0.2) is 0 Å². The summed E-state index contributed by atoms with van der Waals surface area (Å²) in [7, 11) is 0. The number of hydrogen-bond donors (Lipinski definition) is 0. The van der Waals surface area contributed by atoms with E-state index in [0.29, 0.717) is 19.8 Å². The molecule has 0 bridgehead atoms. The molecule has 0 heterocycles. The van der Waals surface area contributed by atoms with Crippen molar-refractivity contribution in [3.8, 4) is 0 Å². The van der Waals surface area contributed by atoms with Gasteiger partial charge in [-0.25, -0.2) is 0 Å². The fourth-order valence-electron chi connectivity index (χ4n) is 0. The Labute approximate surface area is 47.5 Å². The van der Waals surface area contributed by atoms with E-state index in [4.69, 9.17) is 3.40 Å². The average molecular weight is 300 g/mol. The average Bonchev–Trinajstić information content (AvgIpc) is 1.00. The van der Waals surface area contributed by atoms with Crippen LogP contribution in [0.4, 0.5) is 23.5 Å². The van der Waals surface area contributed by atoms with Gasteiger partial charge in [-0.15, -0.1) is 0 Å². The maximum absolute atomic E-state index is 8.33. The van der Waals surface area contributed by atoms with Crippen LogP contribution in [0, 0.1) is 0 Å². The van der Waals surface area contributed by atoms with Gasteiger partial charge in [-0.05, 0) is 0 Å². The molecule has 0 spiro atoms. The van der Waals surface area contributed by atoms with Gasteiger partial charge in [-0.1, -0.05) is 0 Å². The zero-order chi connectivity index (χ0) is 2.00. The van der Waals surface area contributed by atoms with Crippen LogP contribution in [0.5, 0.6) is 0 Å². The second-order valence-electron chi connectivity index (χ2n) is 0. The summed E-state index contributed by atoms with van der Waals surface area (Å²) in [4.78, 5) is 0. The number of halogens is 5. The molecule has 0 aromatic heterocycles. The summed E-state index contributed by atoms with van der Waals surface area (Å²) in [6.07, 6.45) is 0. The minimum absolute atomic E-state index is 0. The molecule has 0 atom stereocenters. The summed E-state index contributed by atoms with van der Waals surface area (Å²) in [6, 6.07) is 0. The molecule has 0 aromatic rings. The second kappa shape index (κ2) is 8470. The van der Waals surface area contributed by atoms with E-state index in [1.807, 2.05) is 0 Å². The van der Waals surface area contributed by atoms with Gasteiger partial charge in [-0.2, -0.15) is 0 Å². The zero-order valence-corrected chi connectivity index (χ0v) is 5.79. The molecule has 0 radical (unpaired) electrons. The summed E-state index contributed by atoms with van der Waals surface area (Å²) >= 11 is 0.333. The van der Waals surface area contributed by atoms with Gasteiger partial charge in [0.2, 0.25) is 0 Å². The fourth-order valence-corrected chi connectivity index (χ4v) is 0. The summed E-state index contributed by atoms with van der Waals surface area (Å²) < 4.78 is 8.33. The van der Waals surface area contributed by atoms with Gasteiger partial charge in [0.25, 0.3) is 0 Å². The molecule has 0 aromatic carbocycles. The Morgan fingerprint density at radius 3 is 0.571 bits per heavy atom. The van der Waals surface area contributed by atoms with Crippen LogP contribution in [0.25, 0.3) is 0 Å². The summed E-state index contributed by atoms with van der Waals surface area (Å²) in [5.41, 5.74) is 0. The van der Waals surface area contributed by atoms with Crippen LogP contribution in [0.15, 0.2) is 0 Å². The van der Waals surface area contributed by atoms with Crippen molar-refractivity contribution < 1.29 is 46.7 Å². The molecule has 0 aliphatic heterocycles. The molecule has 7 heavy (non-hydrogen) atoms. The first-order valence-corrected chi connectivity index (χ1v) is 1.36. The number of rotatable bonds is 0. The topological polar surface area (TPSA) is 17.1 Å². The van der Waals surface area contributed by atoms with Gasteiger partial charge in [-0.3, -0.25) is 23.5 Å². The fraction of sp³-hybridized carbons (Fsp3) is 0.